The second-order valence-electron chi connectivity index (χ2n) is 5.69. The second kappa shape index (κ2) is 6.12. The maximum Gasteiger partial charge on any atom is 0.119 e. The summed E-state index contributed by atoms with van der Waals surface area (Å²) in [5.74, 6) is 0.896. The third-order valence-electron chi connectivity index (χ3n) is 4.39. The van der Waals surface area contributed by atoms with Crippen molar-refractivity contribution in [2.24, 2.45) is 5.73 Å². The molecule has 110 valence electrons. The van der Waals surface area contributed by atoms with Crippen LogP contribution in [-0.4, -0.2) is 43.3 Å². The first-order valence-corrected chi connectivity index (χ1v) is 7.62. The van der Waals surface area contributed by atoms with Crippen molar-refractivity contribution in [1.82, 2.24) is 4.90 Å². The third kappa shape index (κ3) is 2.82. The molecule has 3 unspecified atom stereocenters. The molecule has 0 spiro atoms. The van der Waals surface area contributed by atoms with Crippen LogP contribution < -0.4 is 10.5 Å². The van der Waals surface area contributed by atoms with Gasteiger partial charge in [0.15, 0.2) is 0 Å². The highest BCUT2D eigenvalue weighted by Gasteiger charge is 2.35. The fraction of sp³-hybridized carbons (Fsp3) is 0.625. The van der Waals surface area contributed by atoms with E-state index < -0.39 is 0 Å². The zero-order valence-corrected chi connectivity index (χ0v) is 12.1. The van der Waals surface area contributed by atoms with Crippen molar-refractivity contribution in [3.8, 4) is 5.75 Å². The molecular weight excluding hydrogens is 252 g/mol. The van der Waals surface area contributed by atoms with E-state index in [1.165, 1.54) is 19.4 Å². The van der Waals surface area contributed by atoms with Gasteiger partial charge in [0.05, 0.1) is 25.4 Å². The highest BCUT2D eigenvalue weighted by molar-refractivity contribution is 5.29. The van der Waals surface area contributed by atoms with E-state index in [0.29, 0.717) is 12.6 Å². The minimum atomic E-state index is -0.0628. The SMILES string of the molecule is CCOc1ccc(C(N)C2CN3CCCC3CO2)cc1. The number of ether oxygens (including phenoxy) is 2. The van der Waals surface area contributed by atoms with Gasteiger partial charge in [-0.25, -0.2) is 0 Å². The molecule has 0 aromatic heterocycles. The lowest BCUT2D eigenvalue weighted by atomic mass is 10.00. The van der Waals surface area contributed by atoms with Crippen LogP contribution >= 0.6 is 0 Å². The number of rotatable bonds is 4. The van der Waals surface area contributed by atoms with Gasteiger partial charge in [-0.15, -0.1) is 0 Å². The first kappa shape index (κ1) is 13.9. The molecular formula is C16H24N2O2. The van der Waals surface area contributed by atoms with E-state index in [9.17, 15) is 0 Å². The lowest BCUT2D eigenvalue weighted by Gasteiger charge is -2.37. The van der Waals surface area contributed by atoms with Crippen LogP contribution in [0.2, 0.25) is 0 Å². The number of fused-ring (bicyclic) bond motifs is 1. The summed E-state index contributed by atoms with van der Waals surface area (Å²) in [6.45, 7) is 5.66. The number of morpholine rings is 1. The molecule has 2 saturated heterocycles. The quantitative estimate of drug-likeness (QED) is 0.913. The molecule has 0 radical (unpaired) electrons. The van der Waals surface area contributed by atoms with Crippen molar-refractivity contribution in [1.29, 1.82) is 0 Å². The maximum atomic E-state index is 6.38. The molecule has 0 saturated carbocycles. The largest absolute Gasteiger partial charge is 0.494 e. The zero-order valence-electron chi connectivity index (χ0n) is 12.1. The summed E-state index contributed by atoms with van der Waals surface area (Å²) >= 11 is 0. The summed E-state index contributed by atoms with van der Waals surface area (Å²) in [5.41, 5.74) is 7.51. The highest BCUT2D eigenvalue weighted by Crippen LogP contribution is 2.28. The normalized spacial score (nSPS) is 28.1. The summed E-state index contributed by atoms with van der Waals surface area (Å²) in [6.07, 6.45) is 2.66. The van der Waals surface area contributed by atoms with Gasteiger partial charge in [-0.3, -0.25) is 4.90 Å². The average molecular weight is 276 g/mol. The van der Waals surface area contributed by atoms with Crippen LogP contribution in [0, 0.1) is 0 Å². The predicted octanol–water partition coefficient (Wildman–Crippen LogP) is 1.95. The molecule has 3 rings (SSSR count). The van der Waals surface area contributed by atoms with Crippen LogP contribution in [0.25, 0.3) is 0 Å². The van der Waals surface area contributed by atoms with Crippen molar-refractivity contribution in [3.05, 3.63) is 29.8 Å². The molecule has 2 fully saturated rings. The minimum Gasteiger partial charge on any atom is -0.494 e. The van der Waals surface area contributed by atoms with E-state index in [1.54, 1.807) is 0 Å². The smallest absolute Gasteiger partial charge is 0.119 e. The molecule has 2 heterocycles. The molecule has 2 N–H and O–H groups in total. The zero-order chi connectivity index (χ0) is 13.9. The lowest BCUT2D eigenvalue weighted by molar-refractivity contribution is -0.0597. The Bertz CT molecular complexity index is 435. The van der Waals surface area contributed by atoms with Gasteiger partial charge < -0.3 is 15.2 Å². The van der Waals surface area contributed by atoms with Gasteiger partial charge in [-0.1, -0.05) is 12.1 Å². The summed E-state index contributed by atoms with van der Waals surface area (Å²) < 4.78 is 11.5. The van der Waals surface area contributed by atoms with Gasteiger partial charge in [0.25, 0.3) is 0 Å². The Morgan fingerprint density at radius 2 is 2.20 bits per heavy atom. The monoisotopic (exact) mass is 276 g/mol. The Kier molecular flexibility index (Phi) is 4.24. The molecule has 0 aliphatic carbocycles. The fourth-order valence-electron chi connectivity index (χ4n) is 3.23. The average Bonchev–Trinajstić information content (AvgIpc) is 2.95. The van der Waals surface area contributed by atoms with Crippen molar-refractivity contribution < 1.29 is 9.47 Å². The van der Waals surface area contributed by atoms with Gasteiger partial charge in [-0.05, 0) is 44.0 Å². The Balaban J connectivity index is 1.64. The van der Waals surface area contributed by atoms with Crippen molar-refractivity contribution in [2.75, 3.05) is 26.3 Å². The van der Waals surface area contributed by atoms with E-state index in [1.807, 2.05) is 19.1 Å². The molecule has 3 atom stereocenters. The fourth-order valence-corrected chi connectivity index (χ4v) is 3.23. The van der Waals surface area contributed by atoms with E-state index in [2.05, 4.69) is 17.0 Å². The summed E-state index contributed by atoms with van der Waals surface area (Å²) in [6, 6.07) is 8.64. The number of hydrogen-bond donors (Lipinski definition) is 1. The molecule has 4 nitrogen and oxygen atoms in total. The van der Waals surface area contributed by atoms with Crippen molar-refractivity contribution in [3.63, 3.8) is 0 Å². The topological polar surface area (TPSA) is 47.7 Å². The Labute approximate surface area is 120 Å². The Morgan fingerprint density at radius 3 is 2.95 bits per heavy atom. The second-order valence-corrected chi connectivity index (χ2v) is 5.69. The molecule has 1 aromatic carbocycles. The molecule has 0 amide bonds. The highest BCUT2D eigenvalue weighted by atomic mass is 16.5. The number of hydrogen-bond acceptors (Lipinski definition) is 4. The maximum absolute atomic E-state index is 6.38. The van der Waals surface area contributed by atoms with Gasteiger partial charge >= 0.3 is 0 Å². The summed E-state index contributed by atoms with van der Waals surface area (Å²) in [7, 11) is 0. The van der Waals surface area contributed by atoms with Crippen LogP contribution in [0.4, 0.5) is 0 Å². The van der Waals surface area contributed by atoms with E-state index in [0.717, 1.165) is 24.5 Å². The van der Waals surface area contributed by atoms with Crippen molar-refractivity contribution in [2.45, 2.75) is 38.0 Å². The lowest BCUT2D eigenvalue weighted by Crippen LogP contribution is -2.49. The molecule has 4 heteroatoms. The molecule has 20 heavy (non-hydrogen) atoms. The van der Waals surface area contributed by atoms with Gasteiger partial charge in [-0.2, -0.15) is 0 Å². The van der Waals surface area contributed by atoms with E-state index >= 15 is 0 Å². The van der Waals surface area contributed by atoms with Crippen LogP contribution in [-0.2, 0) is 4.74 Å². The first-order valence-electron chi connectivity index (χ1n) is 7.62. The van der Waals surface area contributed by atoms with E-state index in [4.69, 9.17) is 15.2 Å². The number of benzene rings is 1. The first-order chi connectivity index (χ1) is 9.78. The molecule has 0 bridgehead atoms. The summed E-state index contributed by atoms with van der Waals surface area (Å²) in [4.78, 5) is 2.53. The Morgan fingerprint density at radius 1 is 1.40 bits per heavy atom. The van der Waals surface area contributed by atoms with E-state index in [-0.39, 0.29) is 12.1 Å². The Hall–Kier alpha value is -1.10. The van der Waals surface area contributed by atoms with Gasteiger partial charge in [0.1, 0.15) is 5.75 Å². The molecule has 2 aliphatic rings. The number of nitrogens with two attached hydrogens (primary N) is 1. The third-order valence-corrected chi connectivity index (χ3v) is 4.39. The minimum absolute atomic E-state index is 0.0628. The molecule has 2 aliphatic heterocycles. The van der Waals surface area contributed by atoms with Crippen LogP contribution in [0.15, 0.2) is 24.3 Å². The van der Waals surface area contributed by atoms with Crippen LogP contribution in [0.5, 0.6) is 5.75 Å². The summed E-state index contributed by atoms with van der Waals surface area (Å²) in [5, 5.41) is 0. The van der Waals surface area contributed by atoms with Crippen LogP contribution in [0.3, 0.4) is 0 Å². The van der Waals surface area contributed by atoms with Crippen molar-refractivity contribution >= 4 is 0 Å². The number of nitrogens with zero attached hydrogens (tertiary/aromatic N) is 1. The van der Waals surface area contributed by atoms with Crippen LogP contribution in [0.1, 0.15) is 31.4 Å². The predicted molar refractivity (Wildman–Crippen MR) is 78.9 cm³/mol. The van der Waals surface area contributed by atoms with Gasteiger partial charge in [0, 0.05) is 12.6 Å². The van der Waals surface area contributed by atoms with Gasteiger partial charge in [0.2, 0.25) is 0 Å². The standard InChI is InChI=1S/C16H24N2O2/c1-2-19-14-7-5-12(6-8-14)16(17)15-10-18-9-3-4-13(18)11-20-15/h5-8,13,15-16H,2-4,9-11,17H2,1H3. The molecule has 1 aromatic rings.